The van der Waals surface area contributed by atoms with Gasteiger partial charge in [0.05, 0.1) is 18.1 Å². The molecule has 0 saturated carbocycles. The smallest absolute Gasteiger partial charge is 0.237 e. The highest BCUT2D eigenvalue weighted by Crippen LogP contribution is 2.28. The number of hydrogen-bond acceptors (Lipinski definition) is 6. The zero-order valence-corrected chi connectivity index (χ0v) is 17.5. The normalized spacial score (nSPS) is 11.9. The van der Waals surface area contributed by atoms with E-state index in [2.05, 4.69) is 20.5 Å². The van der Waals surface area contributed by atoms with Crippen LogP contribution in [0.2, 0.25) is 0 Å². The maximum absolute atomic E-state index is 12.8. The second-order valence-corrected chi connectivity index (χ2v) is 8.09. The molecule has 0 spiro atoms. The van der Waals surface area contributed by atoms with Crippen LogP contribution in [0.3, 0.4) is 0 Å². The van der Waals surface area contributed by atoms with Crippen LogP contribution in [0.25, 0.3) is 11.4 Å². The van der Waals surface area contributed by atoms with Crippen LogP contribution in [-0.2, 0) is 11.3 Å². The molecule has 1 aromatic carbocycles. The number of anilines is 1. The number of para-hydroxylation sites is 1. The predicted octanol–water partition coefficient (Wildman–Crippen LogP) is 4.41. The predicted molar refractivity (Wildman–Crippen MR) is 116 cm³/mol. The van der Waals surface area contributed by atoms with Gasteiger partial charge in [0.15, 0.2) is 11.0 Å². The summed E-state index contributed by atoms with van der Waals surface area (Å²) in [6, 6.07) is 15.2. The van der Waals surface area contributed by atoms with Crippen molar-refractivity contribution in [3.63, 3.8) is 0 Å². The molecule has 0 bridgehead atoms. The fraction of sp³-hybridized carbons (Fsp3) is 0.182. The Bertz CT molecular complexity index is 1130. The van der Waals surface area contributed by atoms with Gasteiger partial charge in [-0.15, -0.1) is 10.2 Å². The van der Waals surface area contributed by atoms with E-state index in [1.54, 1.807) is 18.7 Å². The highest BCUT2D eigenvalue weighted by molar-refractivity contribution is 8.00. The second-order valence-electron chi connectivity index (χ2n) is 6.78. The largest absolute Gasteiger partial charge is 0.467 e. The minimum Gasteiger partial charge on any atom is -0.467 e. The third kappa shape index (κ3) is 4.44. The molecule has 0 aliphatic heterocycles. The van der Waals surface area contributed by atoms with Crippen LogP contribution in [0.15, 0.2) is 76.8 Å². The Morgan fingerprint density at radius 3 is 2.77 bits per heavy atom. The van der Waals surface area contributed by atoms with Crippen molar-refractivity contribution in [2.45, 2.75) is 30.8 Å². The molecule has 0 radical (unpaired) electrons. The molecule has 4 aromatic rings. The van der Waals surface area contributed by atoms with Crippen LogP contribution in [-0.4, -0.2) is 30.9 Å². The molecule has 0 saturated heterocycles. The molecule has 1 amide bonds. The quantitative estimate of drug-likeness (QED) is 0.447. The first-order valence-corrected chi connectivity index (χ1v) is 10.4. The zero-order chi connectivity index (χ0) is 20.9. The van der Waals surface area contributed by atoms with Gasteiger partial charge in [0.25, 0.3) is 0 Å². The summed E-state index contributed by atoms with van der Waals surface area (Å²) in [6.45, 7) is 4.28. The van der Waals surface area contributed by atoms with Crippen molar-refractivity contribution >= 4 is 23.4 Å². The van der Waals surface area contributed by atoms with Crippen LogP contribution < -0.4 is 5.32 Å². The molecule has 7 nitrogen and oxygen atoms in total. The van der Waals surface area contributed by atoms with E-state index in [1.165, 1.54) is 11.8 Å². The summed E-state index contributed by atoms with van der Waals surface area (Å²) >= 11 is 1.36. The first-order chi connectivity index (χ1) is 14.6. The highest BCUT2D eigenvalue weighted by Gasteiger charge is 2.22. The average Bonchev–Trinajstić information content (AvgIpc) is 3.41. The van der Waals surface area contributed by atoms with E-state index < -0.39 is 0 Å². The van der Waals surface area contributed by atoms with Gasteiger partial charge in [-0.25, -0.2) is 0 Å². The molecular formula is C22H21N5O2S. The lowest BCUT2D eigenvalue weighted by molar-refractivity contribution is -0.115. The van der Waals surface area contributed by atoms with Gasteiger partial charge >= 0.3 is 0 Å². The standard InChI is InChI=1S/C22H21N5O2S/c1-15-7-3-4-10-19(15)24-21(28)16(2)30-22-26-25-20(17-8-5-11-23-13-17)27(22)14-18-9-6-12-29-18/h3-13,16H,14H2,1-2H3,(H,24,28). The number of carbonyl (C=O) groups is 1. The summed E-state index contributed by atoms with van der Waals surface area (Å²) in [4.78, 5) is 16.9. The van der Waals surface area contributed by atoms with Crippen LogP contribution >= 0.6 is 11.8 Å². The number of benzene rings is 1. The number of aryl methyl sites for hydroxylation is 1. The number of nitrogens with one attached hydrogen (secondary N) is 1. The van der Waals surface area contributed by atoms with Gasteiger partial charge in [-0.3, -0.25) is 14.3 Å². The van der Waals surface area contributed by atoms with Gasteiger partial charge in [0, 0.05) is 23.6 Å². The number of furan rings is 1. The molecule has 0 aliphatic carbocycles. The molecule has 1 N–H and O–H groups in total. The zero-order valence-electron chi connectivity index (χ0n) is 16.6. The first-order valence-electron chi connectivity index (χ1n) is 9.51. The van der Waals surface area contributed by atoms with E-state index in [-0.39, 0.29) is 11.2 Å². The summed E-state index contributed by atoms with van der Waals surface area (Å²) in [5.41, 5.74) is 2.67. The summed E-state index contributed by atoms with van der Waals surface area (Å²) in [7, 11) is 0. The van der Waals surface area contributed by atoms with Gasteiger partial charge in [-0.1, -0.05) is 30.0 Å². The Morgan fingerprint density at radius 1 is 1.17 bits per heavy atom. The molecule has 0 fully saturated rings. The molecule has 1 unspecified atom stereocenters. The van der Waals surface area contributed by atoms with Crippen LogP contribution in [0.4, 0.5) is 5.69 Å². The van der Waals surface area contributed by atoms with Crippen LogP contribution in [0, 0.1) is 6.92 Å². The molecule has 1 atom stereocenters. The monoisotopic (exact) mass is 419 g/mol. The van der Waals surface area contributed by atoms with Gasteiger partial charge in [-0.05, 0) is 49.7 Å². The Labute approximate surface area is 178 Å². The summed E-state index contributed by atoms with van der Waals surface area (Å²) < 4.78 is 7.46. The number of amides is 1. The van der Waals surface area contributed by atoms with E-state index in [1.807, 2.05) is 66.9 Å². The summed E-state index contributed by atoms with van der Waals surface area (Å²) in [5.74, 6) is 1.36. The SMILES string of the molecule is Cc1ccccc1NC(=O)C(C)Sc1nnc(-c2cccnc2)n1Cc1ccco1. The topological polar surface area (TPSA) is 85.8 Å². The number of aromatic nitrogens is 4. The van der Waals surface area contributed by atoms with Crippen molar-refractivity contribution in [2.24, 2.45) is 0 Å². The first kappa shape index (κ1) is 19.9. The number of hydrogen-bond donors (Lipinski definition) is 1. The van der Waals surface area contributed by atoms with Gasteiger partial charge in [0.2, 0.25) is 5.91 Å². The fourth-order valence-electron chi connectivity index (χ4n) is 2.94. The minimum absolute atomic E-state index is 0.0928. The van der Waals surface area contributed by atoms with Crippen LogP contribution in [0.5, 0.6) is 0 Å². The number of pyridine rings is 1. The highest BCUT2D eigenvalue weighted by atomic mass is 32.2. The summed E-state index contributed by atoms with van der Waals surface area (Å²) in [6.07, 6.45) is 5.09. The van der Waals surface area contributed by atoms with Gasteiger partial charge in [0.1, 0.15) is 5.76 Å². The molecular weight excluding hydrogens is 398 g/mol. The van der Waals surface area contributed by atoms with Crippen molar-refractivity contribution in [3.8, 4) is 11.4 Å². The number of nitrogens with zero attached hydrogens (tertiary/aromatic N) is 4. The van der Waals surface area contributed by atoms with Crippen molar-refractivity contribution in [1.82, 2.24) is 19.7 Å². The Kier molecular flexibility index (Phi) is 5.94. The lowest BCUT2D eigenvalue weighted by atomic mass is 10.2. The maximum Gasteiger partial charge on any atom is 0.237 e. The van der Waals surface area contributed by atoms with Crippen molar-refractivity contribution < 1.29 is 9.21 Å². The molecule has 0 aliphatic rings. The Morgan fingerprint density at radius 2 is 2.03 bits per heavy atom. The van der Waals surface area contributed by atoms with E-state index in [4.69, 9.17) is 4.42 Å². The Hall–Kier alpha value is -3.39. The fourth-order valence-corrected chi connectivity index (χ4v) is 3.79. The molecule has 3 heterocycles. The van der Waals surface area contributed by atoms with Crippen molar-refractivity contribution in [3.05, 3.63) is 78.5 Å². The van der Waals surface area contributed by atoms with Gasteiger partial charge < -0.3 is 9.73 Å². The van der Waals surface area contributed by atoms with E-state index >= 15 is 0 Å². The molecule has 8 heteroatoms. The van der Waals surface area contributed by atoms with Gasteiger partial charge in [-0.2, -0.15) is 0 Å². The molecule has 4 rings (SSSR count). The lowest BCUT2D eigenvalue weighted by Crippen LogP contribution is -2.23. The van der Waals surface area contributed by atoms with Crippen LogP contribution in [0.1, 0.15) is 18.2 Å². The van der Waals surface area contributed by atoms with Crippen molar-refractivity contribution in [2.75, 3.05) is 5.32 Å². The number of thioether (sulfide) groups is 1. The molecule has 152 valence electrons. The Balaban J connectivity index is 1.58. The van der Waals surface area contributed by atoms with E-state index in [0.29, 0.717) is 17.5 Å². The van der Waals surface area contributed by atoms with Crippen molar-refractivity contribution in [1.29, 1.82) is 0 Å². The minimum atomic E-state index is -0.370. The maximum atomic E-state index is 12.8. The number of rotatable bonds is 7. The lowest BCUT2D eigenvalue weighted by Gasteiger charge is -2.14. The third-order valence-electron chi connectivity index (χ3n) is 4.58. The summed E-state index contributed by atoms with van der Waals surface area (Å²) in [5, 5.41) is 12.0. The van der Waals surface area contributed by atoms with E-state index in [9.17, 15) is 4.79 Å². The average molecular weight is 420 g/mol. The molecule has 3 aromatic heterocycles. The third-order valence-corrected chi connectivity index (χ3v) is 5.67. The van der Waals surface area contributed by atoms with E-state index in [0.717, 1.165) is 22.6 Å². The second kappa shape index (κ2) is 8.96. The number of carbonyl (C=O) groups excluding carboxylic acids is 1. The molecule has 30 heavy (non-hydrogen) atoms.